The quantitative estimate of drug-likeness (QED) is 0.511. The highest BCUT2D eigenvalue weighted by molar-refractivity contribution is 5.81. The Bertz CT molecular complexity index is 828. The van der Waals surface area contributed by atoms with Crippen LogP contribution in [0.1, 0.15) is 37.0 Å². The topological polar surface area (TPSA) is 0 Å². The molecule has 3 rings (SSSR count). The molecule has 0 aliphatic heterocycles. The van der Waals surface area contributed by atoms with Crippen molar-refractivity contribution in [3.63, 3.8) is 0 Å². The molecule has 0 saturated heterocycles. The lowest BCUT2D eigenvalue weighted by Gasteiger charge is -2.20. The molecule has 0 spiro atoms. The summed E-state index contributed by atoms with van der Waals surface area (Å²) in [6.07, 6.45) is -1.60. The standard InChI is InChI=1S/C21H19F5/c1-3-13(2)16-11-15-5-4-6-18(19(15)12-16)14-7-9-17(10-8-14)20(22,23)21(24,25)26/h4-10,12-13H,3,11H2,1-2H3. The van der Waals surface area contributed by atoms with Crippen molar-refractivity contribution < 1.29 is 22.0 Å². The molecule has 0 radical (unpaired) electrons. The first kappa shape index (κ1) is 18.6. The first-order valence-corrected chi connectivity index (χ1v) is 8.53. The summed E-state index contributed by atoms with van der Waals surface area (Å²) in [5.74, 6) is -4.41. The normalized spacial score (nSPS) is 15.6. The third-order valence-electron chi connectivity index (χ3n) is 5.08. The number of hydrogen-bond donors (Lipinski definition) is 0. The minimum Gasteiger partial charge on any atom is -0.191 e. The molecule has 0 nitrogen and oxygen atoms in total. The summed E-state index contributed by atoms with van der Waals surface area (Å²) < 4.78 is 64.5. The van der Waals surface area contributed by atoms with E-state index in [1.807, 2.05) is 18.2 Å². The smallest absolute Gasteiger partial charge is 0.191 e. The van der Waals surface area contributed by atoms with Gasteiger partial charge in [-0.2, -0.15) is 22.0 Å². The van der Waals surface area contributed by atoms with Crippen molar-refractivity contribution >= 4 is 6.08 Å². The molecule has 0 heterocycles. The van der Waals surface area contributed by atoms with Crippen molar-refractivity contribution in [2.75, 3.05) is 0 Å². The molecular formula is C21H19F5. The van der Waals surface area contributed by atoms with Crippen molar-refractivity contribution in [3.8, 4) is 11.1 Å². The van der Waals surface area contributed by atoms with Gasteiger partial charge in [0.25, 0.3) is 0 Å². The van der Waals surface area contributed by atoms with Gasteiger partial charge in [0.15, 0.2) is 0 Å². The van der Waals surface area contributed by atoms with E-state index >= 15 is 0 Å². The lowest BCUT2D eigenvalue weighted by molar-refractivity contribution is -0.289. The molecule has 1 aliphatic carbocycles. The fourth-order valence-corrected chi connectivity index (χ4v) is 3.25. The fraction of sp³-hybridized carbons (Fsp3) is 0.333. The Morgan fingerprint density at radius 2 is 1.62 bits per heavy atom. The lowest BCUT2D eigenvalue weighted by Crippen LogP contribution is -2.33. The van der Waals surface area contributed by atoms with E-state index in [1.165, 1.54) is 17.7 Å². The van der Waals surface area contributed by atoms with Gasteiger partial charge in [0.1, 0.15) is 0 Å². The highest BCUT2D eigenvalue weighted by Crippen LogP contribution is 2.44. The second kappa shape index (κ2) is 6.53. The van der Waals surface area contributed by atoms with Crippen molar-refractivity contribution in [1.82, 2.24) is 0 Å². The summed E-state index contributed by atoms with van der Waals surface area (Å²) in [6.45, 7) is 4.28. The predicted octanol–water partition coefficient (Wildman–Crippen LogP) is 6.99. The van der Waals surface area contributed by atoms with Crippen molar-refractivity contribution in [2.45, 2.75) is 38.8 Å². The lowest BCUT2D eigenvalue weighted by atomic mass is 9.95. The summed E-state index contributed by atoms with van der Waals surface area (Å²) in [5.41, 5.74) is 3.93. The van der Waals surface area contributed by atoms with E-state index in [1.54, 1.807) is 0 Å². The maximum Gasteiger partial charge on any atom is 0.458 e. The van der Waals surface area contributed by atoms with Crippen LogP contribution in [0.2, 0.25) is 0 Å². The second-order valence-electron chi connectivity index (χ2n) is 6.73. The largest absolute Gasteiger partial charge is 0.458 e. The number of alkyl halides is 5. The molecule has 0 N–H and O–H groups in total. The second-order valence-corrected chi connectivity index (χ2v) is 6.73. The maximum atomic E-state index is 13.5. The third kappa shape index (κ3) is 3.15. The highest BCUT2D eigenvalue weighted by Gasteiger charge is 2.58. The number of halogens is 5. The zero-order chi connectivity index (χ0) is 19.1. The van der Waals surface area contributed by atoms with E-state index in [4.69, 9.17) is 0 Å². The fourth-order valence-electron chi connectivity index (χ4n) is 3.25. The van der Waals surface area contributed by atoms with Crippen LogP contribution >= 0.6 is 0 Å². The molecule has 0 aromatic heterocycles. The minimum atomic E-state index is -5.60. The van der Waals surface area contributed by atoms with Gasteiger partial charge in [0.2, 0.25) is 0 Å². The van der Waals surface area contributed by atoms with Gasteiger partial charge in [-0.1, -0.05) is 68.0 Å². The van der Waals surface area contributed by atoms with Gasteiger partial charge in [0.05, 0.1) is 0 Å². The van der Waals surface area contributed by atoms with Crippen LogP contribution < -0.4 is 0 Å². The highest BCUT2D eigenvalue weighted by atomic mass is 19.4. The molecule has 2 aromatic carbocycles. The molecule has 0 bridgehead atoms. The molecule has 1 aliphatic rings. The molecule has 1 unspecified atom stereocenters. The van der Waals surface area contributed by atoms with Gasteiger partial charge in [-0.25, -0.2) is 0 Å². The van der Waals surface area contributed by atoms with E-state index < -0.39 is 17.7 Å². The molecule has 2 aromatic rings. The molecule has 1 atom stereocenters. The van der Waals surface area contributed by atoms with Crippen molar-refractivity contribution in [1.29, 1.82) is 0 Å². The van der Waals surface area contributed by atoms with Crippen LogP contribution in [0.3, 0.4) is 0 Å². The molecule has 0 fully saturated rings. The van der Waals surface area contributed by atoms with Crippen LogP contribution in [-0.4, -0.2) is 6.18 Å². The molecule has 5 heteroatoms. The Hall–Kier alpha value is -2.17. The molecular weight excluding hydrogens is 347 g/mol. The Morgan fingerprint density at radius 3 is 2.19 bits per heavy atom. The average molecular weight is 366 g/mol. The Labute approximate surface area is 149 Å². The van der Waals surface area contributed by atoms with Crippen LogP contribution in [0.25, 0.3) is 17.2 Å². The van der Waals surface area contributed by atoms with Crippen LogP contribution in [0.4, 0.5) is 22.0 Å². The molecule has 138 valence electrons. The van der Waals surface area contributed by atoms with Gasteiger partial charge in [0, 0.05) is 5.56 Å². The van der Waals surface area contributed by atoms with Crippen molar-refractivity contribution in [3.05, 3.63) is 64.7 Å². The third-order valence-corrected chi connectivity index (χ3v) is 5.08. The van der Waals surface area contributed by atoms with E-state index in [0.29, 0.717) is 11.5 Å². The monoisotopic (exact) mass is 366 g/mol. The van der Waals surface area contributed by atoms with Gasteiger partial charge in [-0.15, -0.1) is 0 Å². The Morgan fingerprint density at radius 1 is 0.962 bits per heavy atom. The van der Waals surface area contributed by atoms with Gasteiger partial charge in [-0.05, 0) is 41.0 Å². The minimum absolute atomic E-state index is 0.447. The number of benzene rings is 2. The first-order valence-electron chi connectivity index (χ1n) is 8.53. The average Bonchev–Trinajstić information content (AvgIpc) is 3.04. The van der Waals surface area contributed by atoms with E-state index in [2.05, 4.69) is 19.9 Å². The number of allylic oxidation sites excluding steroid dienone is 1. The molecule has 0 amide bonds. The number of hydrogen-bond acceptors (Lipinski definition) is 0. The summed E-state index contributed by atoms with van der Waals surface area (Å²) in [6, 6.07) is 10.2. The van der Waals surface area contributed by atoms with Crippen LogP contribution in [-0.2, 0) is 12.3 Å². The van der Waals surface area contributed by atoms with E-state index in [0.717, 1.165) is 41.7 Å². The number of rotatable bonds is 4. The van der Waals surface area contributed by atoms with E-state index in [9.17, 15) is 22.0 Å². The first-order chi connectivity index (χ1) is 12.1. The van der Waals surface area contributed by atoms with Crippen LogP contribution in [0.15, 0.2) is 48.0 Å². The summed E-state index contributed by atoms with van der Waals surface area (Å²) in [7, 11) is 0. The Kier molecular flexibility index (Phi) is 4.67. The summed E-state index contributed by atoms with van der Waals surface area (Å²) >= 11 is 0. The van der Waals surface area contributed by atoms with Crippen LogP contribution in [0, 0.1) is 5.92 Å². The summed E-state index contributed by atoms with van der Waals surface area (Å²) in [5, 5.41) is 0. The van der Waals surface area contributed by atoms with E-state index in [-0.39, 0.29) is 0 Å². The van der Waals surface area contributed by atoms with Crippen LogP contribution in [0.5, 0.6) is 0 Å². The summed E-state index contributed by atoms with van der Waals surface area (Å²) in [4.78, 5) is 0. The number of fused-ring (bicyclic) bond motifs is 1. The Balaban J connectivity index is 1.98. The van der Waals surface area contributed by atoms with Gasteiger partial charge >= 0.3 is 12.1 Å². The zero-order valence-electron chi connectivity index (χ0n) is 14.5. The van der Waals surface area contributed by atoms with Gasteiger partial charge < -0.3 is 0 Å². The van der Waals surface area contributed by atoms with Gasteiger partial charge in [-0.3, -0.25) is 0 Å². The predicted molar refractivity (Wildman–Crippen MR) is 93.0 cm³/mol. The SMILES string of the molecule is CCC(C)C1=Cc2c(cccc2-c2ccc(C(F)(F)C(F)(F)F)cc2)C1. The van der Waals surface area contributed by atoms with Crippen molar-refractivity contribution in [2.24, 2.45) is 5.92 Å². The zero-order valence-corrected chi connectivity index (χ0v) is 14.5. The molecule has 26 heavy (non-hydrogen) atoms. The molecule has 0 saturated carbocycles. The maximum absolute atomic E-state index is 13.5.